The number of fused-ring (bicyclic) bond motifs is 3. The molecule has 0 spiro atoms. The van der Waals surface area contributed by atoms with Gasteiger partial charge in [0.1, 0.15) is 11.3 Å². The molecule has 2 saturated heterocycles. The summed E-state index contributed by atoms with van der Waals surface area (Å²) in [6.07, 6.45) is 9.19. The van der Waals surface area contributed by atoms with Crippen LogP contribution in [0.15, 0.2) is 73.0 Å². The maximum atomic E-state index is 6.29. The molecule has 2 atom stereocenters. The predicted molar refractivity (Wildman–Crippen MR) is 157 cm³/mol. The molecule has 7 heteroatoms. The van der Waals surface area contributed by atoms with E-state index in [-0.39, 0.29) is 0 Å². The fourth-order valence-electron chi connectivity index (χ4n) is 5.44. The largest absolute Gasteiger partial charge is 0.383 e. The molecule has 2 bridgehead atoms. The lowest BCUT2D eigenvalue weighted by Crippen LogP contribution is -2.67. The van der Waals surface area contributed by atoms with E-state index in [1.807, 2.05) is 58.0 Å². The standard InChI is InChI=1S/C29H31N7.C2H6/c1-3-6-20(4-2)25-12-13-26-29(33-25)36(28(34-26)24-7-5-14-32-27(24)30)21-10-8-19(9-11-21)18-35-22-15-23(35)17-31-16-22;1-2/h3-14,22-23,31H,15-18H2,1-2H3,(H2,30,32);1-2H3/b6-3-,20-4+;. The molecule has 1 aromatic carbocycles. The van der Waals surface area contributed by atoms with E-state index in [0.29, 0.717) is 17.9 Å². The van der Waals surface area contributed by atoms with Crippen LogP contribution in [-0.4, -0.2) is 49.6 Å². The summed E-state index contributed by atoms with van der Waals surface area (Å²) in [5.74, 6) is 1.19. The van der Waals surface area contributed by atoms with Crippen molar-refractivity contribution in [3.63, 3.8) is 0 Å². The topological polar surface area (TPSA) is 84.9 Å². The second-order valence-corrected chi connectivity index (χ2v) is 9.53. The summed E-state index contributed by atoms with van der Waals surface area (Å²) in [6, 6.07) is 18.0. The Kier molecular flexibility index (Phi) is 7.67. The summed E-state index contributed by atoms with van der Waals surface area (Å²) >= 11 is 0. The molecule has 0 aliphatic carbocycles. The van der Waals surface area contributed by atoms with Crippen molar-refractivity contribution in [3.8, 4) is 17.1 Å². The average Bonchev–Trinajstić information content (AvgIpc) is 3.35. The number of nitrogens with one attached hydrogen (secondary N) is 1. The van der Waals surface area contributed by atoms with Crippen molar-refractivity contribution in [2.24, 2.45) is 0 Å². The molecule has 196 valence electrons. The molecular formula is C31H37N7. The molecule has 3 N–H and O–H groups in total. The quantitative estimate of drug-likeness (QED) is 0.330. The van der Waals surface area contributed by atoms with Crippen LogP contribution in [0.25, 0.3) is 33.8 Å². The normalized spacial score (nSPS) is 19.3. The number of allylic oxidation sites excluding steroid dienone is 4. The highest BCUT2D eigenvalue weighted by atomic mass is 15.3. The zero-order valence-corrected chi connectivity index (χ0v) is 22.7. The van der Waals surface area contributed by atoms with Crippen LogP contribution in [0.4, 0.5) is 5.82 Å². The Hall–Kier alpha value is -3.81. The van der Waals surface area contributed by atoms with E-state index in [1.165, 1.54) is 12.0 Å². The third kappa shape index (κ3) is 4.75. The number of pyridine rings is 2. The average molecular weight is 508 g/mol. The highest BCUT2D eigenvalue weighted by Crippen LogP contribution is 2.33. The molecule has 0 saturated carbocycles. The number of anilines is 1. The highest BCUT2D eigenvalue weighted by Gasteiger charge is 2.40. The first-order valence-corrected chi connectivity index (χ1v) is 13.6. The van der Waals surface area contributed by atoms with Gasteiger partial charge in [-0.3, -0.25) is 9.47 Å². The van der Waals surface area contributed by atoms with Crippen LogP contribution in [-0.2, 0) is 6.54 Å². The maximum Gasteiger partial charge on any atom is 0.165 e. The number of nitrogen functional groups attached to an aromatic ring is 1. The van der Waals surface area contributed by atoms with Crippen molar-refractivity contribution in [3.05, 3.63) is 84.2 Å². The zero-order chi connectivity index (χ0) is 26.6. The number of hydrogen-bond acceptors (Lipinski definition) is 6. The molecule has 3 aromatic heterocycles. The second-order valence-electron chi connectivity index (χ2n) is 9.53. The number of imidazole rings is 1. The molecule has 0 radical (unpaired) electrons. The third-order valence-corrected chi connectivity index (χ3v) is 7.34. The van der Waals surface area contributed by atoms with E-state index in [1.54, 1.807) is 6.20 Å². The Labute approximate surface area is 225 Å². The summed E-state index contributed by atoms with van der Waals surface area (Å²) in [6.45, 7) is 11.2. The van der Waals surface area contributed by atoms with Crippen LogP contribution < -0.4 is 11.1 Å². The molecule has 2 aliphatic rings. The second kappa shape index (κ2) is 11.3. The van der Waals surface area contributed by atoms with Crippen molar-refractivity contribution in [1.29, 1.82) is 0 Å². The van der Waals surface area contributed by atoms with Crippen molar-refractivity contribution < 1.29 is 0 Å². The number of benzene rings is 1. The van der Waals surface area contributed by atoms with Crippen molar-refractivity contribution in [1.82, 2.24) is 29.7 Å². The van der Waals surface area contributed by atoms with E-state index in [2.05, 4.69) is 56.2 Å². The number of aromatic nitrogens is 4. The fraction of sp³-hybridized carbons (Fsp3) is 0.323. The Morgan fingerprint density at radius 3 is 2.45 bits per heavy atom. The van der Waals surface area contributed by atoms with Gasteiger partial charge < -0.3 is 11.1 Å². The van der Waals surface area contributed by atoms with Gasteiger partial charge >= 0.3 is 0 Å². The Morgan fingerprint density at radius 2 is 1.79 bits per heavy atom. The molecule has 5 heterocycles. The number of rotatable bonds is 6. The first kappa shape index (κ1) is 25.8. The SMILES string of the molecule is C/C=C\C(=C/C)c1ccc2nc(-c3cccnc3N)n(-c3ccc(CN4C5CNCC4C5)cc3)c2n1.CC. The number of piperidine rings is 1. The molecule has 2 unspecified atom stereocenters. The zero-order valence-electron chi connectivity index (χ0n) is 22.7. The molecule has 38 heavy (non-hydrogen) atoms. The van der Waals surface area contributed by atoms with Crippen LogP contribution in [0, 0.1) is 0 Å². The van der Waals surface area contributed by atoms with Crippen LogP contribution >= 0.6 is 0 Å². The van der Waals surface area contributed by atoms with Gasteiger partial charge in [-0.1, -0.05) is 44.2 Å². The maximum absolute atomic E-state index is 6.29. The van der Waals surface area contributed by atoms with Crippen LogP contribution in [0.5, 0.6) is 0 Å². The molecular weight excluding hydrogens is 470 g/mol. The molecule has 7 nitrogen and oxygen atoms in total. The van der Waals surface area contributed by atoms with E-state index in [0.717, 1.165) is 59.1 Å². The van der Waals surface area contributed by atoms with Gasteiger partial charge in [0.2, 0.25) is 0 Å². The number of nitrogens with two attached hydrogens (primary N) is 1. The summed E-state index contributed by atoms with van der Waals surface area (Å²) < 4.78 is 2.10. The molecule has 2 fully saturated rings. The van der Waals surface area contributed by atoms with Crippen LogP contribution in [0.3, 0.4) is 0 Å². The van der Waals surface area contributed by atoms with Gasteiger partial charge in [-0.05, 0) is 67.8 Å². The van der Waals surface area contributed by atoms with E-state index in [4.69, 9.17) is 15.7 Å². The number of nitrogens with zero attached hydrogens (tertiary/aromatic N) is 5. The van der Waals surface area contributed by atoms with E-state index in [9.17, 15) is 0 Å². The van der Waals surface area contributed by atoms with Gasteiger partial charge in [-0.2, -0.15) is 0 Å². The lowest BCUT2D eigenvalue weighted by molar-refractivity contribution is -0.0206. The van der Waals surface area contributed by atoms with Crippen molar-refractivity contribution in [2.45, 2.75) is 52.7 Å². The van der Waals surface area contributed by atoms with Crippen molar-refractivity contribution in [2.75, 3.05) is 18.8 Å². The van der Waals surface area contributed by atoms with E-state index >= 15 is 0 Å². The lowest BCUT2D eigenvalue weighted by atomic mass is 9.88. The summed E-state index contributed by atoms with van der Waals surface area (Å²) in [7, 11) is 0. The fourth-order valence-corrected chi connectivity index (χ4v) is 5.44. The van der Waals surface area contributed by atoms with E-state index < -0.39 is 0 Å². The minimum absolute atomic E-state index is 0.451. The third-order valence-electron chi connectivity index (χ3n) is 7.34. The summed E-state index contributed by atoms with van der Waals surface area (Å²) in [5.41, 5.74) is 13.0. The lowest BCUT2D eigenvalue weighted by Gasteiger charge is -2.53. The predicted octanol–water partition coefficient (Wildman–Crippen LogP) is 5.62. The van der Waals surface area contributed by atoms with Gasteiger partial charge in [0.05, 0.1) is 11.3 Å². The van der Waals surface area contributed by atoms with Gasteiger partial charge in [0.15, 0.2) is 11.5 Å². The van der Waals surface area contributed by atoms with Crippen LogP contribution in [0.2, 0.25) is 0 Å². The Morgan fingerprint density at radius 1 is 1.03 bits per heavy atom. The van der Waals surface area contributed by atoms with Gasteiger partial charge in [0.25, 0.3) is 0 Å². The summed E-state index contributed by atoms with van der Waals surface area (Å²) in [5, 5.41) is 3.51. The van der Waals surface area contributed by atoms with Gasteiger partial charge in [-0.25, -0.2) is 15.0 Å². The Balaban J connectivity index is 0.00000144. The van der Waals surface area contributed by atoms with Gasteiger partial charge in [-0.15, -0.1) is 0 Å². The van der Waals surface area contributed by atoms with Crippen LogP contribution in [0.1, 0.15) is 45.4 Å². The molecule has 2 aliphatic heterocycles. The first-order chi connectivity index (χ1) is 18.7. The summed E-state index contributed by atoms with van der Waals surface area (Å²) in [4.78, 5) is 16.9. The number of piperazine rings is 1. The molecule has 6 rings (SSSR count). The van der Waals surface area contributed by atoms with Crippen molar-refractivity contribution >= 4 is 22.6 Å². The monoisotopic (exact) mass is 507 g/mol. The molecule has 0 amide bonds. The highest BCUT2D eigenvalue weighted by molar-refractivity contribution is 5.85. The van der Waals surface area contributed by atoms with Gasteiger partial charge in [0, 0.05) is 43.6 Å². The minimum atomic E-state index is 0.451. The number of hydrogen-bond donors (Lipinski definition) is 2. The minimum Gasteiger partial charge on any atom is -0.383 e. The first-order valence-electron chi connectivity index (χ1n) is 13.6. The smallest absolute Gasteiger partial charge is 0.165 e. The Bertz CT molecular complexity index is 1450. The molecule has 4 aromatic rings.